The van der Waals surface area contributed by atoms with E-state index in [4.69, 9.17) is 21.1 Å². The highest BCUT2D eigenvalue weighted by Crippen LogP contribution is 2.28. The molecule has 0 aliphatic carbocycles. The van der Waals surface area contributed by atoms with E-state index in [-0.39, 0.29) is 23.3 Å². The average Bonchev–Trinajstić information content (AvgIpc) is 2.69. The van der Waals surface area contributed by atoms with Crippen molar-refractivity contribution in [1.29, 1.82) is 0 Å². The van der Waals surface area contributed by atoms with Crippen molar-refractivity contribution < 1.29 is 13.9 Å². The SMILES string of the molecule is COc1nc(Cl)nc2c1c(F)cn2COCC[Si](C)(C)C. The van der Waals surface area contributed by atoms with Crippen LogP contribution in [0, 0.1) is 5.82 Å². The van der Waals surface area contributed by atoms with E-state index in [1.165, 1.54) is 13.3 Å². The van der Waals surface area contributed by atoms with Gasteiger partial charge < -0.3 is 14.0 Å². The molecule has 2 rings (SSSR count). The van der Waals surface area contributed by atoms with E-state index in [0.29, 0.717) is 12.3 Å². The van der Waals surface area contributed by atoms with E-state index >= 15 is 0 Å². The third-order valence-corrected chi connectivity index (χ3v) is 4.90. The summed E-state index contributed by atoms with van der Waals surface area (Å²) >= 11 is 5.83. The molecule has 0 unspecified atom stereocenters. The van der Waals surface area contributed by atoms with Gasteiger partial charge in [0.1, 0.15) is 12.1 Å². The van der Waals surface area contributed by atoms with E-state index in [9.17, 15) is 4.39 Å². The number of halogens is 2. The van der Waals surface area contributed by atoms with Crippen molar-refractivity contribution in [3.8, 4) is 5.88 Å². The number of nitrogens with zero attached hydrogens (tertiary/aromatic N) is 3. The Morgan fingerprint density at radius 1 is 1.33 bits per heavy atom. The zero-order chi connectivity index (χ0) is 15.6. The number of ether oxygens (including phenoxy) is 2. The predicted octanol–water partition coefficient (Wildman–Crippen LogP) is 3.54. The lowest BCUT2D eigenvalue weighted by atomic mass is 10.4. The van der Waals surface area contributed by atoms with Crippen molar-refractivity contribution in [3.05, 3.63) is 17.3 Å². The standard InChI is InChI=1S/C13H19ClFN3O2Si/c1-19-12-10-9(15)7-18(11(10)16-13(14)17-12)8-20-5-6-21(2,3)4/h7H,5-6,8H2,1-4H3. The molecule has 0 aliphatic heterocycles. The van der Waals surface area contributed by atoms with Gasteiger partial charge in [-0.05, 0) is 17.6 Å². The molecular formula is C13H19ClFN3O2Si. The van der Waals surface area contributed by atoms with Crippen LogP contribution >= 0.6 is 11.6 Å². The number of methoxy groups -OCH3 is 1. The number of hydrogen-bond donors (Lipinski definition) is 0. The summed E-state index contributed by atoms with van der Waals surface area (Å²) in [4.78, 5) is 7.92. The highest BCUT2D eigenvalue weighted by Gasteiger charge is 2.18. The van der Waals surface area contributed by atoms with Crippen LogP contribution in [0.1, 0.15) is 0 Å². The Morgan fingerprint density at radius 2 is 2.05 bits per heavy atom. The van der Waals surface area contributed by atoms with Crippen LogP contribution in [0.2, 0.25) is 31.0 Å². The van der Waals surface area contributed by atoms with Crippen LogP contribution in [0.4, 0.5) is 4.39 Å². The zero-order valence-corrected chi connectivity index (χ0v) is 14.4. The Morgan fingerprint density at radius 3 is 2.67 bits per heavy atom. The number of fused-ring (bicyclic) bond motifs is 1. The van der Waals surface area contributed by atoms with E-state index in [1.54, 1.807) is 4.57 Å². The number of hydrogen-bond acceptors (Lipinski definition) is 4. The van der Waals surface area contributed by atoms with Gasteiger partial charge in [0.15, 0.2) is 11.5 Å². The van der Waals surface area contributed by atoms with Crippen LogP contribution in [0.25, 0.3) is 11.0 Å². The molecule has 8 heteroatoms. The van der Waals surface area contributed by atoms with Gasteiger partial charge in [0, 0.05) is 20.9 Å². The highest BCUT2D eigenvalue weighted by atomic mass is 35.5. The Balaban J connectivity index is 2.19. The molecule has 0 aromatic carbocycles. The van der Waals surface area contributed by atoms with Crippen molar-refractivity contribution in [2.75, 3.05) is 13.7 Å². The summed E-state index contributed by atoms with van der Waals surface area (Å²) in [6, 6.07) is 1.05. The summed E-state index contributed by atoms with van der Waals surface area (Å²) in [6.07, 6.45) is 1.33. The highest BCUT2D eigenvalue weighted by molar-refractivity contribution is 6.76. The first kappa shape index (κ1) is 16.2. The topological polar surface area (TPSA) is 49.2 Å². The lowest BCUT2D eigenvalue weighted by Gasteiger charge is -2.15. The van der Waals surface area contributed by atoms with Crippen molar-refractivity contribution in [3.63, 3.8) is 0 Å². The maximum Gasteiger partial charge on any atom is 0.230 e. The monoisotopic (exact) mass is 331 g/mol. The molecule has 5 nitrogen and oxygen atoms in total. The van der Waals surface area contributed by atoms with E-state index < -0.39 is 13.9 Å². The minimum Gasteiger partial charge on any atom is -0.480 e. The van der Waals surface area contributed by atoms with E-state index in [1.807, 2.05) is 0 Å². The van der Waals surface area contributed by atoms with Crippen LogP contribution in [-0.2, 0) is 11.5 Å². The largest absolute Gasteiger partial charge is 0.480 e. The molecule has 0 radical (unpaired) electrons. The molecule has 0 fully saturated rings. The smallest absolute Gasteiger partial charge is 0.230 e. The number of aromatic nitrogens is 3. The molecular weight excluding hydrogens is 313 g/mol. The van der Waals surface area contributed by atoms with Crippen molar-refractivity contribution >= 4 is 30.7 Å². The molecule has 21 heavy (non-hydrogen) atoms. The normalized spacial score (nSPS) is 12.1. The fourth-order valence-electron chi connectivity index (χ4n) is 1.87. The molecule has 2 aromatic heterocycles. The second kappa shape index (κ2) is 6.29. The first-order valence-electron chi connectivity index (χ1n) is 6.65. The summed E-state index contributed by atoms with van der Waals surface area (Å²) in [5.41, 5.74) is 0.373. The lowest BCUT2D eigenvalue weighted by molar-refractivity contribution is 0.0895. The molecule has 116 valence electrons. The second-order valence-electron chi connectivity index (χ2n) is 6.00. The van der Waals surface area contributed by atoms with Gasteiger partial charge in [-0.3, -0.25) is 0 Å². The summed E-state index contributed by atoms with van der Waals surface area (Å²) in [5.74, 6) is -0.323. The molecule has 2 heterocycles. The summed E-state index contributed by atoms with van der Waals surface area (Å²) in [6.45, 7) is 7.70. The van der Waals surface area contributed by atoms with Crippen LogP contribution in [-0.4, -0.2) is 36.3 Å². The van der Waals surface area contributed by atoms with Gasteiger partial charge in [0.25, 0.3) is 0 Å². The molecule has 0 aliphatic rings. The summed E-state index contributed by atoms with van der Waals surface area (Å²) in [5, 5.41) is 0.233. The summed E-state index contributed by atoms with van der Waals surface area (Å²) < 4.78 is 26.3. The van der Waals surface area contributed by atoms with Crippen LogP contribution in [0.15, 0.2) is 6.20 Å². The van der Waals surface area contributed by atoms with Gasteiger partial charge >= 0.3 is 0 Å². The molecule has 0 bridgehead atoms. The Bertz CT molecular complexity index is 642. The van der Waals surface area contributed by atoms with Crippen LogP contribution in [0.3, 0.4) is 0 Å². The van der Waals surface area contributed by atoms with Gasteiger partial charge in [-0.25, -0.2) is 4.39 Å². The minimum absolute atomic E-state index is 0.0146. The summed E-state index contributed by atoms with van der Waals surface area (Å²) in [7, 11) is 0.273. The first-order valence-corrected chi connectivity index (χ1v) is 10.7. The Kier molecular flexibility index (Phi) is 4.85. The third kappa shape index (κ3) is 3.93. The minimum atomic E-state index is -1.14. The predicted molar refractivity (Wildman–Crippen MR) is 83.2 cm³/mol. The van der Waals surface area contributed by atoms with Gasteiger partial charge in [0.2, 0.25) is 11.2 Å². The van der Waals surface area contributed by atoms with Crippen LogP contribution < -0.4 is 4.74 Å². The maximum absolute atomic E-state index is 14.0. The third-order valence-electron chi connectivity index (χ3n) is 3.03. The van der Waals surface area contributed by atoms with Gasteiger partial charge in [-0.15, -0.1) is 0 Å². The van der Waals surface area contributed by atoms with Gasteiger partial charge in [-0.1, -0.05) is 19.6 Å². The Labute approximate surface area is 129 Å². The molecule has 0 atom stereocenters. The average molecular weight is 332 g/mol. The quantitative estimate of drug-likeness (QED) is 0.461. The number of rotatable bonds is 6. The fourth-order valence-corrected chi connectivity index (χ4v) is 2.78. The molecule has 2 aromatic rings. The van der Waals surface area contributed by atoms with Gasteiger partial charge in [-0.2, -0.15) is 9.97 Å². The second-order valence-corrected chi connectivity index (χ2v) is 12.0. The van der Waals surface area contributed by atoms with Crippen molar-refractivity contribution in [2.24, 2.45) is 0 Å². The first-order chi connectivity index (χ1) is 9.81. The molecule has 0 saturated heterocycles. The van der Waals surface area contributed by atoms with Crippen molar-refractivity contribution in [1.82, 2.24) is 14.5 Å². The van der Waals surface area contributed by atoms with E-state index in [0.717, 1.165) is 6.04 Å². The lowest BCUT2D eigenvalue weighted by Crippen LogP contribution is -2.22. The zero-order valence-electron chi connectivity index (χ0n) is 12.6. The fraction of sp³-hybridized carbons (Fsp3) is 0.538. The molecule has 0 saturated carbocycles. The Hall–Kier alpha value is -1.18. The van der Waals surface area contributed by atoms with Gasteiger partial charge in [0.05, 0.1) is 7.11 Å². The van der Waals surface area contributed by atoms with Crippen molar-refractivity contribution in [2.45, 2.75) is 32.4 Å². The van der Waals surface area contributed by atoms with E-state index in [2.05, 4.69) is 29.6 Å². The maximum atomic E-state index is 14.0. The molecule has 0 spiro atoms. The molecule has 0 N–H and O–H groups in total. The molecule has 0 amide bonds. The van der Waals surface area contributed by atoms with Crippen LogP contribution in [0.5, 0.6) is 5.88 Å².